The van der Waals surface area contributed by atoms with Crippen molar-refractivity contribution < 1.29 is 28.5 Å². The zero-order chi connectivity index (χ0) is 23.6. The molecule has 1 aliphatic rings. The molecule has 1 aromatic carbocycles. The van der Waals surface area contributed by atoms with Crippen LogP contribution in [0.5, 0.6) is 0 Å². The van der Waals surface area contributed by atoms with Gasteiger partial charge >= 0.3 is 0 Å². The van der Waals surface area contributed by atoms with Crippen LogP contribution in [0, 0.1) is 0 Å². The number of aromatic nitrogens is 4. The zero-order valence-electron chi connectivity index (χ0n) is 17.8. The van der Waals surface area contributed by atoms with E-state index in [0.717, 1.165) is 5.56 Å². The normalized spacial score (nSPS) is 23.3. The van der Waals surface area contributed by atoms with Crippen molar-refractivity contribution in [1.29, 1.82) is 0 Å². The second-order valence-electron chi connectivity index (χ2n) is 7.64. The van der Waals surface area contributed by atoms with Crippen molar-refractivity contribution in [3.05, 3.63) is 42.5 Å². The van der Waals surface area contributed by atoms with Crippen molar-refractivity contribution in [2.45, 2.75) is 48.7 Å². The summed E-state index contributed by atoms with van der Waals surface area (Å²) in [5, 5.41) is 30.3. The van der Waals surface area contributed by atoms with E-state index in [1.165, 1.54) is 29.0 Å². The highest BCUT2D eigenvalue weighted by Crippen LogP contribution is 2.33. The van der Waals surface area contributed by atoms with E-state index in [2.05, 4.69) is 19.7 Å². The van der Waals surface area contributed by atoms with E-state index >= 15 is 0 Å². The maximum atomic E-state index is 11.9. The summed E-state index contributed by atoms with van der Waals surface area (Å²) >= 11 is 1.43. The largest absolute Gasteiger partial charge is 0.394 e. The molecule has 0 unspecified atom stereocenters. The van der Waals surface area contributed by atoms with Crippen molar-refractivity contribution in [2.24, 2.45) is 0 Å². The maximum Gasteiger partial charge on any atom is 0.232 e. The Balaban J connectivity index is 1.47. The molecule has 33 heavy (non-hydrogen) atoms. The third-order valence-corrected chi connectivity index (χ3v) is 7.73. The lowest BCUT2D eigenvalue weighted by Gasteiger charge is -2.16. The van der Waals surface area contributed by atoms with E-state index in [-0.39, 0.29) is 5.75 Å². The number of fused-ring (bicyclic) bond motifs is 1. The number of sulfonamides is 1. The van der Waals surface area contributed by atoms with E-state index in [1.807, 2.05) is 19.1 Å². The van der Waals surface area contributed by atoms with Crippen molar-refractivity contribution in [1.82, 2.24) is 19.5 Å². The number of hydrogen-bond acceptors (Lipinski definition) is 10. The Morgan fingerprint density at radius 1 is 1.15 bits per heavy atom. The van der Waals surface area contributed by atoms with Gasteiger partial charge in [0.1, 0.15) is 35.2 Å². The Morgan fingerprint density at radius 3 is 2.58 bits per heavy atom. The molecule has 1 fully saturated rings. The highest BCUT2D eigenvalue weighted by Gasteiger charge is 2.44. The first-order chi connectivity index (χ1) is 15.8. The van der Waals surface area contributed by atoms with E-state index in [9.17, 15) is 23.7 Å². The molecule has 4 atom stereocenters. The van der Waals surface area contributed by atoms with Crippen LogP contribution in [0.4, 0.5) is 5.69 Å². The molecule has 2 aromatic heterocycles. The molecule has 0 aliphatic carbocycles. The first kappa shape index (κ1) is 23.9. The number of thioether (sulfide) groups is 1. The first-order valence-electron chi connectivity index (χ1n) is 10.3. The number of benzene rings is 1. The van der Waals surface area contributed by atoms with Crippen LogP contribution in [0.3, 0.4) is 0 Å². The summed E-state index contributed by atoms with van der Waals surface area (Å²) in [5.74, 6) is 0.637. The van der Waals surface area contributed by atoms with Crippen LogP contribution < -0.4 is 4.72 Å². The molecule has 13 heteroatoms. The Hall–Kier alpha value is -2.29. The van der Waals surface area contributed by atoms with Crippen molar-refractivity contribution in [2.75, 3.05) is 17.1 Å². The van der Waals surface area contributed by atoms with E-state index < -0.39 is 41.2 Å². The summed E-state index contributed by atoms with van der Waals surface area (Å²) in [5.41, 5.74) is 2.43. The molecule has 3 heterocycles. The van der Waals surface area contributed by atoms with Crippen LogP contribution in [-0.4, -0.2) is 73.9 Å². The molecule has 1 saturated heterocycles. The van der Waals surface area contributed by atoms with Gasteiger partial charge in [0.15, 0.2) is 11.9 Å². The minimum atomic E-state index is -3.33. The average Bonchev–Trinajstić information content (AvgIpc) is 3.34. The number of nitrogens with zero attached hydrogens (tertiary/aromatic N) is 4. The Morgan fingerprint density at radius 2 is 1.91 bits per heavy atom. The Bertz CT molecular complexity index is 1200. The van der Waals surface area contributed by atoms with Gasteiger partial charge in [-0.25, -0.2) is 23.4 Å². The van der Waals surface area contributed by atoms with Gasteiger partial charge in [-0.2, -0.15) is 0 Å². The average molecular weight is 496 g/mol. The summed E-state index contributed by atoms with van der Waals surface area (Å²) in [6.07, 6.45) is -0.897. The Kier molecular flexibility index (Phi) is 7.16. The summed E-state index contributed by atoms with van der Waals surface area (Å²) in [7, 11) is -3.33. The van der Waals surface area contributed by atoms with Crippen molar-refractivity contribution in [3.63, 3.8) is 0 Å². The molecule has 1 aliphatic heterocycles. The third kappa shape index (κ3) is 5.13. The molecule has 0 bridgehead atoms. The molecular formula is C20H25N5O6S2. The monoisotopic (exact) mass is 495 g/mol. The summed E-state index contributed by atoms with van der Waals surface area (Å²) in [4.78, 5) is 12.9. The third-order valence-electron chi connectivity index (χ3n) is 5.19. The standard InChI is InChI=1S/C20H25N5O6S2/c1-2-7-33(29,30)24-13-5-3-12(4-6-13)9-32-19-15-18(21-10-22-19)25(11-23-15)20-17(28)16(27)14(8-26)31-20/h3-6,10-11,14,16-17,20,24,26-28H,2,7-9H2,1H3/t14-,16-,17-,20-/m1/s1. The van der Waals surface area contributed by atoms with Gasteiger partial charge < -0.3 is 20.1 Å². The summed E-state index contributed by atoms with van der Waals surface area (Å²) in [6, 6.07) is 7.12. The van der Waals surface area contributed by atoms with Crippen LogP contribution in [0.25, 0.3) is 11.2 Å². The lowest BCUT2D eigenvalue weighted by molar-refractivity contribution is -0.0511. The fourth-order valence-corrected chi connectivity index (χ4v) is 5.59. The van der Waals surface area contributed by atoms with E-state index in [4.69, 9.17) is 4.74 Å². The number of rotatable bonds is 9. The van der Waals surface area contributed by atoms with Gasteiger partial charge in [-0.05, 0) is 24.1 Å². The molecule has 3 aromatic rings. The quantitative estimate of drug-likeness (QED) is 0.248. The molecule has 178 valence electrons. The summed E-state index contributed by atoms with van der Waals surface area (Å²) < 4.78 is 33.4. The second kappa shape index (κ2) is 9.91. The number of hydrogen-bond donors (Lipinski definition) is 4. The van der Waals surface area contributed by atoms with Gasteiger partial charge in [0, 0.05) is 11.4 Å². The van der Waals surface area contributed by atoms with Gasteiger partial charge in [-0.3, -0.25) is 9.29 Å². The molecule has 0 spiro atoms. The van der Waals surface area contributed by atoms with Gasteiger partial charge in [0.25, 0.3) is 0 Å². The van der Waals surface area contributed by atoms with Crippen LogP contribution >= 0.6 is 11.8 Å². The molecule has 11 nitrogen and oxygen atoms in total. The molecule has 0 radical (unpaired) electrons. The van der Waals surface area contributed by atoms with Crippen LogP contribution in [0.2, 0.25) is 0 Å². The number of nitrogens with one attached hydrogen (secondary N) is 1. The minimum absolute atomic E-state index is 0.0729. The number of imidazole rings is 1. The zero-order valence-corrected chi connectivity index (χ0v) is 19.4. The minimum Gasteiger partial charge on any atom is -0.394 e. The van der Waals surface area contributed by atoms with E-state index in [0.29, 0.717) is 34.1 Å². The number of aliphatic hydroxyl groups is 3. The molecule has 0 saturated carbocycles. The lowest BCUT2D eigenvalue weighted by atomic mass is 10.1. The van der Waals surface area contributed by atoms with Crippen molar-refractivity contribution in [3.8, 4) is 0 Å². The maximum absolute atomic E-state index is 11.9. The van der Waals surface area contributed by atoms with Crippen LogP contribution in [-0.2, 0) is 20.5 Å². The topological polar surface area (TPSA) is 160 Å². The number of aliphatic hydroxyl groups excluding tert-OH is 3. The molecule has 0 amide bonds. The lowest BCUT2D eigenvalue weighted by Crippen LogP contribution is -2.33. The van der Waals surface area contributed by atoms with Gasteiger partial charge in [-0.15, -0.1) is 0 Å². The van der Waals surface area contributed by atoms with Gasteiger partial charge in [-0.1, -0.05) is 30.8 Å². The van der Waals surface area contributed by atoms with Crippen LogP contribution in [0.1, 0.15) is 25.1 Å². The van der Waals surface area contributed by atoms with Crippen LogP contribution in [0.15, 0.2) is 41.9 Å². The second-order valence-corrected chi connectivity index (χ2v) is 10.4. The fourth-order valence-electron chi connectivity index (χ4n) is 3.55. The first-order valence-corrected chi connectivity index (χ1v) is 13.0. The summed E-state index contributed by atoms with van der Waals surface area (Å²) in [6.45, 7) is 1.39. The molecule has 4 rings (SSSR count). The SMILES string of the molecule is CCCS(=O)(=O)Nc1ccc(CSc2ncnc3c2ncn3[C@@H]2O[C@H](CO)[C@@H](O)[C@H]2O)cc1. The highest BCUT2D eigenvalue weighted by atomic mass is 32.2. The highest BCUT2D eigenvalue weighted by molar-refractivity contribution is 7.98. The van der Waals surface area contributed by atoms with Crippen molar-refractivity contribution >= 4 is 38.6 Å². The smallest absolute Gasteiger partial charge is 0.232 e. The van der Waals surface area contributed by atoms with Gasteiger partial charge in [0.05, 0.1) is 18.7 Å². The van der Waals surface area contributed by atoms with Gasteiger partial charge in [0.2, 0.25) is 10.0 Å². The number of anilines is 1. The molecular weight excluding hydrogens is 470 g/mol. The number of ether oxygens (including phenoxy) is 1. The fraction of sp³-hybridized carbons (Fsp3) is 0.450. The predicted octanol–water partition coefficient (Wildman–Crippen LogP) is 0.882. The molecule has 4 N–H and O–H groups in total. The predicted molar refractivity (Wildman–Crippen MR) is 122 cm³/mol. The van der Waals surface area contributed by atoms with E-state index in [1.54, 1.807) is 12.1 Å². The Labute approximate surface area is 194 Å².